The monoisotopic (exact) mass is 439 g/mol. The highest BCUT2D eigenvalue weighted by atomic mass is 32.2. The number of carbonyl (C=O) groups excluding carboxylic acids is 2. The second-order valence-corrected chi connectivity index (χ2v) is 9.00. The third-order valence-corrected chi connectivity index (χ3v) is 5.33. The van der Waals surface area contributed by atoms with Crippen LogP contribution in [-0.4, -0.2) is 36.3 Å². The topological polar surface area (TPSA) is 115 Å². The van der Waals surface area contributed by atoms with Crippen molar-refractivity contribution < 1.29 is 22.7 Å². The summed E-state index contributed by atoms with van der Waals surface area (Å²) in [5.74, 6) is 0.842. The minimum absolute atomic E-state index is 0.0323. The molecule has 0 atom stereocenters. The minimum Gasteiger partial charge on any atom is -0.439 e. The largest absolute Gasteiger partial charge is 0.439 e. The van der Waals surface area contributed by atoms with E-state index < -0.39 is 9.84 Å². The molecule has 1 amide bonds. The van der Waals surface area contributed by atoms with Crippen molar-refractivity contribution in [3.8, 4) is 11.6 Å². The zero-order chi connectivity index (χ0) is 22.4. The highest BCUT2D eigenvalue weighted by molar-refractivity contribution is 7.90. The summed E-state index contributed by atoms with van der Waals surface area (Å²) in [5.41, 5.74) is 1.46. The lowest BCUT2D eigenvalue weighted by atomic mass is 10.0. The fourth-order valence-corrected chi connectivity index (χ4v) is 3.54. The van der Waals surface area contributed by atoms with Gasteiger partial charge in [0.25, 0.3) is 0 Å². The van der Waals surface area contributed by atoms with Crippen LogP contribution in [0.15, 0.2) is 65.8 Å². The standard InChI is InChI=1S/C22H21N3O5S/c1-15(26)25-21-13-22(24-14-23-21)30-19-8-6-16(7-9-19)10-18(27)11-17-4-3-5-20(12-17)31(2,28)29/h3-9,12-14H,10-11H2,1-2H3,(H,23,24,25,26). The van der Waals surface area contributed by atoms with Crippen LogP contribution in [-0.2, 0) is 32.3 Å². The van der Waals surface area contributed by atoms with E-state index in [0.29, 0.717) is 17.1 Å². The number of hydrogen-bond donors (Lipinski definition) is 1. The molecular weight excluding hydrogens is 418 g/mol. The third-order valence-electron chi connectivity index (χ3n) is 4.22. The average Bonchev–Trinajstić information content (AvgIpc) is 2.69. The van der Waals surface area contributed by atoms with Gasteiger partial charge in [0, 0.05) is 32.1 Å². The zero-order valence-electron chi connectivity index (χ0n) is 17.0. The number of amides is 1. The van der Waals surface area contributed by atoms with Crippen molar-refractivity contribution in [2.75, 3.05) is 11.6 Å². The lowest BCUT2D eigenvalue weighted by Gasteiger charge is -2.08. The van der Waals surface area contributed by atoms with Crippen molar-refractivity contribution in [3.63, 3.8) is 0 Å². The summed E-state index contributed by atoms with van der Waals surface area (Å²) in [6, 6.07) is 14.9. The van der Waals surface area contributed by atoms with Gasteiger partial charge in [0.2, 0.25) is 11.8 Å². The molecule has 1 heterocycles. The molecule has 8 nitrogen and oxygen atoms in total. The van der Waals surface area contributed by atoms with Gasteiger partial charge in [0.05, 0.1) is 4.90 Å². The smallest absolute Gasteiger partial charge is 0.224 e. The van der Waals surface area contributed by atoms with Crippen LogP contribution in [0.3, 0.4) is 0 Å². The molecule has 0 saturated heterocycles. The average molecular weight is 439 g/mol. The van der Waals surface area contributed by atoms with Crippen molar-refractivity contribution in [1.29, 1.82) is 0 Å². The number of anilines is 1. The van der Waals surface area contributed by atoms with Gasteiger partial charge in [-0.15, -0.1) is 0 Å². The Morgan fingerprint density at radius 3 is 2.35 bits per heavy atom. The molecule has 0 fully saturated rings. The Bertz CT molecular complexity index is 1210. The SMILES string of the molecule is CC(=O)Nc1cc(Oc2ccc(CC(=O)Cc3cccc(S(C)(=O)=O)c3)cc2)ncn1. The van der Waals surface area contributed by atoms with E-state index in [0.717, 1.165) is 11.8 Å². The number of aromatic nitrogens is 2. The normalized spacial score (nSPS) is 11.0. The predicted octanol–water partition coefficient (Wildman–Crippen LogP) is 2.99. The zero-order valence-corrected chi connectivity index (χ0v) is 17.8. The van der Waals surface area contributed by atoms with Crippen LogP contribution in [0.2, 0.25) is 0 Å². The quantitative estimate of drug-likeness (QED) is 0.574. The van der Waals surface area contributed by atoms with E-state index in [2.05, 4.69) is 15.3 Å². The first-order valence-electron chi connectivity index (χ1n) is 9.36. The molecule has 31 heavy (non-hydrogen) atoms. The molecule has 160 valence electrons. The number of benzene rings is 2. The summed E-state index contributed by atoms with van der Waals surface area (Å²) in [5, 5.41) is 2.55. The minimum atomic E-state index is -3.31. The summed E-state index contributed by atoms with van der Waals surface area (Å²) in [4.78, 5) is 31.7. The summed E-state index contributed by atoms with van der Waals surface area (Å²) in [7, 11) is -3.31. The Labute approximate surface area is 180 Å². The molecule has 0 aliphatic carbocycles. The maximum absolute atomic E-state index is 12.4. The summed E-state index contributed by atoms with van der Waals surface area (Å²) in [6.07, 6.45) is 2.78. The highest BCUT2D eigenvalue weighted by Gasteiger charge is 2.11. The van der Waals surface area contributed by atoms with Crippen molar-refractivity contribution in [3.05, 3.63) is 72.1 Å². The number of nitrogens with zero attached hydrogens (tertiary/aromatic N) is 2. The van der Waals surface area contributed by atoms with Gasteiger partial charge in [0.15, 0.2) is 9.84 Å². The second kappa shape index (κ2) is 9.48. The van der Waals surface area contributed by atoms with Gasteiger partial charge in [-0.3, -0.25) is 9.59 Å². The Balaban J connectivity index is 1.61. The Hall–Kier alpha value is -3.59. The lowest BCUT2D eigenvalue weighted by Crippen LogP contribution is -2.08. The van der Waals surface area contributed by atoms with Crippen LogP contribution >= 0.6 is 0 Å². The van der Waals surface area contributed by atoms with E-state index in [-0.39, 0.29) is 35.3 Å². The van der Waals surface area contributed by atoms with Gasteiger partial charge in [-0.25, -0.2) is 18.4 Å². The highest BCUT2D eigenvalue weighted by Crippen LogP contribution is 2.21. The van der Waals surface area contributed by atoms with Crippen LogP contribution in [0.25, 0.3) is 0 Å². The lowest BCUT2D eigenvalue weighted by molar-refractivity contribution is -0.118. The fourth-order valence-electron chi connectivity index (χ4n) is 2.84. The van der Waals surface area contributed by atoms with Crippen LogP contribution in [0, 0.1) is 0 Å². The van der Waals surface area contributed by atoms with Gasteiger partial charge in [-0.2, -0.15) is 0 Å². The molecule has 0 spiro atoms. The number of hydrogen-bond acceptors (Lipinski definition) is 7. The van der Waals surface area contributed by atoms with E-state index >= 15 is 0 Å². The Morgan fingerprint density at radius 1 is 0.968 bits per heavy atom. The predicted molar refractivity (Wildman–Crippen MR) is 115 cm³/mol. The molecule has 0 saturated carbocycles. The fraction of sp³-hybridized carbons (Fsp3) is 0.182. The molecule has 3 rings (SSSR count). The molecule has 2 aromatic carbocycles. The summed E-state index contributed by atoms with van der Waals surface area (Å²) < 4.78 is 29.0. The maximum atomic E-state index is 12.4. The van der Waals surface area contributed by atoms with E-state index in [9.17, 15) is 18.0 Å². The molecular formula is C22H21N3O5S. The van der Waals surface area contributed by atoms with Crippen LogP contribution < -0.4 is 10.1 Å². The molecule has 0 radical (unpaired) electrons. The van der Waals surface area contributed by atoms with Gasteiger partial charge >= 0.3 is 0 Å². The van der Waals surface area contributed by atoms with Crippen molar-refractivity contribution in [1.82, 2.24) is 9.97 Å². The van der Waals surface area contributed by atoms with Gasteiger partial charge in [-0.1, -0.05) is 24.3 Å². The molecule has 1 N–H and O–H groups in total. The molecule has 1 aromatic heterocycles. The van der Waals surface area contributed by atoms with Crippen LogP contribution in [0.1, 0.15) is 18.1 Å². The van der Waals surface area contributed by atoms with E-state index in [1.54, 1.807) is 36.4 Å². The molecule has 0 bridgehead atoms. The molecule has 0 aliphatic rings. The van der Waals surface area contributed by atoms with E-state index in [1.807, 2.05) is 0 Å². The van der Waals surface area contributed by atoms with Crippen molar-refractivity contribution in [2.45, 2.75) is 24.7 Å². The molecule has 0 aliphatic heterocycles. The van der Waals surface area contributed by atoms with Gasteiger partial charge in [-0.05, 0) is 35.4 Å². The number of ketones is 1. The number of ether oxygens (including phenoxy) is 1. The molecule has 9 heteroatoms. The number of rotatable bonds is 8. The number of carbonyl (C=O) groups is 2. The Morgan fingerprint density at radius 2 is 1.68 bits per heavy atom. The Kier molecular flexibility index (Phi) is 6.76. The van der Waals surface area contributed by atoms with E-state index in [1.165, 1.54) is 31.5 Å². The van der Waals surface area contributed by atoms with E-state index in [4.69, 9.17) is 4.74 Å². The number of nitrogens with one attached hydrogen (secondary N) is 1. The van der Waals surface area contributed by atoms with Crippen molar-refractivity contribution >= 4 is 27.3 Å². The third kappa shape index (κ3) is 6.71. The van der Waals surface area contributed by atoms with Crippen LogP contribution in [0.4, 0.5) is 5.82 Å². The van der Waals surface area contributed by atoms with Gasteiger partial charge in [0.1, 0.15) is 23.7 Å². The van der Waals surface area contributed by atoms with Gasteiger partial charge < -0.3 is 10.1 Å². The first kappa shape index (κ1) is 22.1. The van der Waals surface area contributed by atoms with Crippen LogP contribution in [0.5, 0.6) is 11.6 Å². The first-order chi connectivity index (χ1) is 14.7. The molecule has 3 aromatic rings. The summed E-state index contributed by atoms with van der Waals surface area (Å²) in [6.45, 7) is 1.38. The first-order valence-corrected chi connectivity index (χ1v) is 11.3. The van der Waals surface area contributed by atoms with Crippen molar-refractivity contribution in [2.24, 2.45) is 0 Å². The molecule has 0 unspecified atom stereocenters. The number of Topliss-reactive ketones (excluding diaryl/α,β-unsaturated/α-hetero) is 1. The second-order valence-electron chi connectivity index (χ2n) is 6.98. The maximum Gasteiger partial charge on any atom is 0.224 e. The number of sulfone groups is 1. The summed E-state index contributed by atoms with van der Waals surface area (Å²) >= 11 is 0.